The zero-order chi connectivity index (χ0) is 12.5. The van der Waals surface area contributed by atoms with Crippen LogP contribution >= 0.6 is 0 Å². The summed E-state index contributed by atoms with van der Waals surface area (Å²) in [7, 11) is 1.51. The van der Waals surface area contributed by atoms with Gasteiger partial charge in [0.1, 0.15) is 0 Å². The number of hydroxylamine groups is 2. The van der Waals surface area contributed by atoms with E-state index in [1.54, 1.807) is 12.4 Å². The van der Waals surface area contributed by atoms with Crippen molar-refractivity contribution in [1.29, 1.82) is 0 Å². The van der Waals surface area contributed by atoms with Gasteiger partial charge in [0.15, 0.2) is 0 Å². The molecule has 0 saturated heterocycles. The Bertz CT molecular complexity index is 596. The van der Waals surface area contributed by atoms with E-state index in [9.17, 15) is 4.79 Å². The first-order valence-corrected chi connectivity index (χ1v) is 5.69. The Morgan fingerprint density at radius 1 is 1.17 bits per heavy atom. The molecule has 4 heteroatoms. The first-order valence-electron chi connectivity index (χ1n) is 5.69. The minimum absolute atomic E-state index is 0.0802. The van der Waals surface area contributed by atoms with E-state index in [4.69, 9.17) is 4.84 Å². The number of pyridine rings is 1. The number of hydrogen-bond donors (Lipinski definition) is 0. The number of amides is 1. The highest BCUT2D eigenvalue weighted by molar-refractivity contribution is 5.99. The first kappa shape index (κ1) is 10.9. The lowest BCUT2D eigenvalue weighted by molar-refractivity contribution is -0.0956. The maximum atomic E-state index is 12.0. The summed E-state index contributed by atoms with van der Waals surface area (Å²) in [6, 6.07) is 9.62. The number of carbonyl (C=O) groups excluding carboxylic acids is 1. The fourth-order valence-electron chi connectivity index (χ4n) is 2.26. The van der Waals surface area contributed by atoms with E-state index in [2.05, 4.69) is 4.98 Å². The summed E-state index contributed by atoms with van der Waals surface area (Å²) < 4.78 is 0. The van der Waals surface area contributed by atoms with Gasteiger partial charge in [-0.3, -0.25) is 14.6 Å². The summed E-state index contributed by atoms with van der Waals surface area (Å²) in [4.78, 5) is 21.1. The summed E-state index contributed by atoms with van der Waals surface area (Å²) in [5, 5.41) is 1.37. The van der Waals surface area contributed by atoms with Crippen LogP contribution in [0.4, 0.5) is 0 Å². The van der Waals surface area contributed by atoms with Crippen molar-refractivity contribution < 1.29 is 9.63 Å². The quantitative estimate of drug-likeness (QED) is 0.808. The van der Waals surface area contributed by atoms with E-state index < -0.39 is 0 Å². The molecule has 0 N–H and O–H groups in total. The highest BCUT2D eigenvalue weighted by Gasteiger charge is 2.29. The van der Waals surface area contributed by atoms with E-state index in [0.717, 1.165) is 16.7 Å². The predicted molar refractivity (Wildman–Crippen MR) is 66.6 cm³/mol. The third kappa shape index (κ3) is 1.58. The lowest BCUT2D eigenvalue weighted by Gasteiger charge is -2.11. The van der Waals surface area contributed by atoms with Gasteiger partial charge in [-0.2, -0.15) is 0 Å². The minimum atomic E-state index is -0.0802. The largest absolute Gasteiger partial charge is 0.278 e. The zero-order valence-electron chi connectivity index (χ0n) is 9.96. The third-order valence-electron chi connectivity index (χ3n) is 3.15. The molecule has 90 valence electrons. The number of benzene rings is 1. The molecule has 4 nitrogen and oxygen atoms in total. The number of nitrogens with zero attached hydrogens (tertiary/aromatic N) is 2. The molecule has 0 saturated carbocycles. The first-order chi connectivity index (χ1) is 8.81. The zero-order valence-corrected chi connectivity index (χ0v) is 9.96. The van der Waals surface area contributed by atoms with Gasteiger partial charge in [0, 0.05) is 18.0 Å². The van der Waals surface area contributed by atoms with Crippen LogP contribution in [0.15, 0.2) is 42.7 Å². The van der Waals surface area contributed by atoms with Gasteiger partial charge in [0.05, 0.1) is 13.7 Å². The van der Waals surface area contributed by atoms with Crippen molar-refractivity contribution in [2.45, 2.75) is 6.54 Å². The van der Waals surface area contributed by atoms with E-state index in [-0.39, 0.29) is 5.91 Å². The van der Waals surface area contributed by atoms with Crippen molar-refractivity contribution in [2.24, 2.45) is 0 Å². The molecule has 1 aliphatic rings. The Kier molecular flexibility index (Phi) is 2.57. The molecule has 1 amide bonds. The lowest BCUT2D eigenvalue weighted by atomic mass is 9.98. The molecule has 0 spiro atoms. The van der Waals surface area contributed by atoms with Crippen LogP contribution < -0.4 is 0 Å². The van der Waals surface area contributed by atoms with Gasteiger partial charge >= 0.3 is 0 Å². The Balaban J connectivity index is 2.14. The number of fused-ring (bicyclic) bond motifs is 1. The molecule has 0 fully saturated rings. The average Bonchev–Trinajstić information content (AvgIpc) is 2.77. The predicted octanol–water partition coefficient (Wildman–Crippen LogP) is 2.27. The maximum absolute atomic E-state index is 12.0. The van der Waals surface area contributed by atoms with Crippen molar-refractivity contribution in [3.8, 4) is 11.1 Å². The molecule has 3 rings (SSSR count). The Labute approximate surface area is 105 Å². The molecule has 0 aliphatic carbocycles. The molecule has 2 heterocycles. The second-order valence-corrected chi connectivity index (χ2v) is 4.09. The number of rotatable bonds is 2. The van der Waals surface area contributed by atoms with Crippen LogP contribution in [0.3, 0.4) is 0 Å². The van der Waals surface area contributed by atoms with Crippen LogP contribution in [0.2, 0.25) is 0 Å². The van der Waals surface area contributed by atoms with Crippen molar-refractivity contribution in [3.05, 3.63) is 53.9 Å². The van der Waals surface area contributed by atoms with Gasteiger partial charge in [0.2, 0.25) is 0 Å². The Morgan fingerprint density at radius 3 is 2.61 bits per heavy atom. The van der Waals surface area contributed by atoms with Crippen molar-refractivity contribution in [1.82, 2.24) is 10.0 Å². The van der Waals surface area contributed by atoms with Gasteiger partial charge < -0.3 is 0 Å². The molecule has 0 bridgehead atoms. The van der Waals surface area contributed by atoms with Crippen LogP contribution in [-0.2, 0) is 11.4 Å². The third-order valence-corrected chi connectivity index (χ3v) is 3.15. The van der Waals surface area contributed by atoms with Crippen LogP contribution in [0.25, 0.3) is 11.1 Å². The SMILES string of the molecule is CON1Cc2c(cccc2-c2ccncc2)C1=O. The topological polar surface area (TPSA) is 42.4 Å². The van der Waals surface area contributed by atoms with Gasteiger partial charge in [0.25, 0.3) is 5.91 Å². The molecule has 1 aliphatic heterocycles. The van der Waals surface area contributed by atoms with Gasteiger partial charge in [-0.1, -0.05) is 12.1 Å². The number of carbonyl (C=O) groups is 1. The van der Waals surface area contributed by atoms with Crippen molar-refractivity contribution in [3.63, 3.8) is 0 Å². The van der Waals surface area contributed by atoms with Crippen LogP contribution in [0, 0.1) is 0 Å². The Hall–Kier alpha value is -2.20. The normalized spacial score (nSPS) is 13.8. The van der Waals surface area contributed by atoms with Gasteiger partial charge in [-0.15, -0.1) is 0 Å². The summed E-state index contributed by atoms with van der Waals surface area (Å²) >= 11 is 0. The lowest BCUT2D eigenvalue weighted by Crippen LogP contribution is -2.21. The maximum Gasteiger partial charge on any atom is 0.278 e. The second-order valence-electron chi connectivity index (χ2n) is 4.09. The highest BCUT2D eigenvalue weighted by Crippen LogP contribution is 2.32. The molecule has 18 heavy (non-hydrogen) atoms. The van der Waals surface area contributed by atoms with Crippen molar-refractivity contribution in [2.75, 3.05) is 7.11 Å². The molecule has 0 atom stereocenters. The number of hydrogen-bond acceptors (Lipinski definition) is 3. The molecule has 1 aromatic heterocycles. The molecular weight excluding hydrogens is 228 g/mol. The van der Waals surface area contributed by atoms with Gasteiger partial charge in [-0.25, -0.2) is 5.06 Å². The second kappa shape index (κ2) is 4.23. The smallest absolute Gasteiger partial charge is 0.274 e. The minimum Gasteiger partial charge on any atom is -0.274 e. The Morgan fingerprint density at radius 2 is 1.89 bits per heavy atom. The summed E-state index contributed by atoms with van der Waals surface area (Å²) in [5.41, 5.74) is 3.84. The average molecular weight is 240 g/mol. The van der Waals surface area contributed by atoms with E-state index in [1.165, 1.54) is 12.2 Å². The molecular formula is C14H12N2O2. The fraction of sp³-hybridized carbons (Fsp3) is 0.143. The monoisotopic (exact) mass is 240 g/mol. The number of aromatic nitrogens is 1. The van der Waals surface area contributed by atoms with E-state index in [0.29, 0.717) is 12.1 Å². The standard InChI is InChI=1S/C14H12N2O2/c1-18-16-9-13-11(10-5-7-15-8-6-10)3-2-4-12(13)14(16)17/h2-8H,9H2,1H3. The van der Waals surface area contributed by atoms with Crippen LogP contribution in [0.5, 0.6) is 0 Å². The van der Waals surface area contributed by atoms with Gasteiger partial charge in [-0.05, 0) is 34.9 Å². The summed E-state index contributed by atoms with van der Waals surface area (Å²) in [6.07, 6.45) is 3.50. The van der Waals surface area contributed by atoms with E-state index in [1.807, 2.05) is 30.3 Å². The molecule has 1 aromatic carbocycles. The van der Waals surface area contributed by atoms with Crippen molar-refractivity contribution >= 4 is 5.91 Å². The fourth-order valence-corrected chi connectivity index (χ4v) is 2.26. The molecule has 2 aromatic rings. The molecule has 0 unspecified atom stereocenters. The van der Waals surface area contributed by atoms with Crippen LogP contribution in [0.1, 0.15) is 15.9 Å². The van der Waals surface area contributed by atoms with E-state index >= 15 is 0 Å². The van der Waals surface area contributed by atoms with Crippen LogP contribution in [-0.4, -0.2) is 23.1 Å². The summed E-state index contributed by atoms with van der Waals surface area (Å²) in [5.74, 6) is -0.0802. The summed E-state index contributed by atoms with van der Waals surface area (Å²) in [6.45, 7) is 0.489. The molecule has 0 radical (unpaired) electrons. The highest BCUT2D eigenvalue weighted by atomic mass is 16.7.